The molecule has 7 rings (SSSR count). The molecule has 5 aliphatic rings. The Morgan fingerprint density at radius 2 is 1.92 bits per heavy atom. The number of fused-ring (bicyclic) bond motifs is 9. The number of hydrogen-bond donors (Lipinski definition) is 2. The van der Waals surface area contributed by atoms with E-state index in [1.54, 1.807) is 25.2 Å². The summed E-state index contributed by atoms with van der Waals surface area (Å²) >= 11 is 1.03. The van der Waals surface area contributed by atoms with E-state index < -0.39 is 77.9 Å². The Morgan fingerprint density at radius 3 is 2.58 bits per heavy atom. The third-order valence-corrected chi connectivity index (χ3v) is 11.8. The fraction of sp³-hybridized carbons (Fsp3) is 0.486. The Labute approximate surface area is 300 Å². The smallest absolute Gasteiger partial charge is 0.471 e. The number of amides is 1. The van der Waals surface area contributed by atoms with E-state index in [-0.39, 0.29) is 30.6 Å². The zero-order chi connectivity index (χ0) is 37.4. The Balaban J connectivity index is 1.53. The van der Waals surface area contributed by atoms with Gasteiger partial charge in [0.25, 0.3) is 0 Å². The van der Waals surface area contributed by atoms with Gasteiger partial charge in [-0.25, -0.2) is 4.79 Å². The van der Waals surface area contributed by atoms with Crippen molar-refractivity contribution in [1.82, 2.24) is 15.1 Å². The van der Waals surface area contributed by atoms with Crippen molar-refractivity contribution >= 4 is 29.6 Å². The molecule has 2 fully saturated rings. The molecule has 5 aliphatic heterocycles. The van der Waals surface area contributed by atoms with Gasteiger partial charge in [0.1, 0.15) is 24.4 Å². The highest BCUT2D eigenvalue weighted by atomic mass is 32.2. The minimum absolute atomic E-state index is 0.104. The SMILES string of the molecule is C=CCN1[C@@H]2c3c(cc(C)c(OC)c3O)C[C@H]1[C@H](C#N)N1C2[C@@H]2SCC(NC(=O)C(F)(F)F)C(=O)OC[C@H]1c1c3c(c(C)c(OC(C)=O)c12)OCO3. The maximum absolute atomic E-state index is 13.4. The van der Waals surface area contributed by atoms with Gasteiger partial charge < -0.3 is 34.1 Å². The van der Waals surface area contributed by atoms with Crippen LogP contribution < -0.4 is 24.3 Å². The summed E-state index contributed by atoms with van der Waals surface area (Å²) < 4.78 is 69.5. The van der Waals surface area contributed by atoms with Crippen LogP contribution in [0.1, 0.15) is 57.6 Å². The zero-order valence-corrected chi connectivity index (χ0v) is 29.4. The van der Waals surface area contributed by atoms with Crippen molar-refractivity contribution in [3.63, 3.8) is 0 Å². The highest BCUT2D eigenvalue weighted by Gasteiger charge is 2.61. The first-order chi connectivity index (χ1) is 24.7. The highest BCUT2D eigenvalue weighted by Crippen LogP contribution is 2.64. The molecule has 2 aromatic rings. The van der Waals surface area contributed by atoms with E-state index in [1.807, 2.05) is 11.0 Å². The Bertz CT molecular complexity index is 1930. The molecule has 5 heterocycles. The molecular formula is C35H35F3N4O9S. The summed E-state index contributed by atoms with van der Waals surface area (Å²) in [7, 11) is 1.44. The fourth-order valence-electron chi connectivity index (χ4n) is 8.56. The molecule has 7 atom stereocenters. The van der Waals surface area contributed by atoms with Gasteiger partial charge in [-0.05, 0) is 31.4 Å². The maximum atomic E-state index is 13.4. The predicted molar refractivity (Wildman–Crippen MR) is 177 cm³/mol. The van der Waals surface area contributed by atoms with Gasteiger partial charge in [0.15, 0.2) is 23.0 Å². The van der Waals surface area contributed by atoms with Crippen LogP contribution in [-0.2, 0) is 25.5 Å². The quantitative estimate of drug-likeness (QED) is 0.259. The number of methoxy groups -OCH3 is 1. The summed E-state index contributed by atoms with van der Waals surface area (Å²) in [5.41, 5.74) is 3.30. The van der Waals surface area contributed by atoms with Crippen molar-refractivity contribution in [1.29, 1.82) is 5.26 Å². The molecule has 0 spiro atoms. The van der Waals surface area contributed by atoms with Crippen LogP contribution in [0.2, 0.25) is 0 Å². The molecular weight excluding hydrogens is 709 g/mol. The van der Waals surface area contributed by atoms with Crippen LogP contribution in [0.15, 0.2) is 18.7 Å². The van der Waals surface area contributed by atoms with Crippen LogP contribution in [0.25, 0.3) is 0 Å². The second-order valence-corrected chi connectivity index (χ2v) is 14.4. The van der Waals surface area contributed by atoms with E-state index in [9.17, 15) is 37.9 Å². The number of aryl methyl sites for hydroxylation is 1. The molecule has 4 bridgehead atoms. The highest BCUT2D eigenvalue weighted by molar-refractivity contribution is 7.99. The Morgan fingerprint density at radius 1 is 1.19 bits per heavy atom. The van der Waals surface area contributed by atoms with Gasteiger partial charge >= 0.3 is 24.0 Å². The van der Waals surface area contributed by atoms with Gasteiger partial charge in [0.2, 0.25) is 6.79 Å². The Kier molecular flexibility index (Phi) is 8.99. The van der Waals surface area contributed by atoms with Gasteiger partial charge in [0.05, 0.1) is 30.5 Å². The number of cyclic esters (lactones) is 1. The fourth-order valence-corrected chi connectivity index (χ4v) is 10.1. The van der Waals surface area contributed by atoms with Crippen LogP contribution in [0.4, 0.5) is 13.2 Å². The lowest BCUT2D eigenvalue weighted by Crippen LogP contribution is -2.70. The second-order valence-electron chi connectivity index (χ2n) is 13.2. The lowest BCUT2D eigenvalue weighted by molar-refractivity contribution is -0.176. The molecule has 0 aromatic heterocycles. The van der Waals surface area contributed by atoms with Crippen LogP contribution in [-0.4, -0.2) is 95.9 Å². The number of nitrogens with one attached hydrogen (secondary N) is 1. The minimum atomic E-state index is -5.27. The van der Waals surface area contributed by atoms with E-state index >= 15 is 0 Å². The van der Waals surface area contributed by atoms with Crippen LogP contribution in [0.5, 0.6) is 28.7 Å². The first-order valence-electron chi connectivity index (χ1n) is 16.5. The lowest BCUT2D eigenvalue weighted by Gasteiger charge is -2.62. The molecule has 1 amide bonds. The molecule has 2 unspecified atom stereocenters. The standard InChI is InChI=1S/C35H35F3N4O9S/c1-6-7-41-19-9-17-8-14(2)28(47-5)27(44)22(17)25(41)26-32-24-23(31-30(49-13-50-31)15(3)29(24)51-16(4)43)21(42(26)20(19)10-39)11-48-33(45)18(12-52-32)40-34(46)35(36,37)38/h6,8,18-21,25-26,32,44H,1,7,9,11-13H2,2-5H3,(H,40,46)/t18?,19-,20-,21-,25+,26?,32+/m0/s1. The average molecular weight is 745 g/mol. The number of phenols is 1. The van der Waals surface area contributed by atoms with Gasteiger partial charge in [0, 0.05) is 53.6 Å². The molecule has 0 radical (unpaired) electrons. The first kappa shape index (κ1) is 35.7. The number of carbonyl (C=O) groups is 3. The summed E-state index contributed by atoms with van der Waals surface area (Å²) in [4.78, 5) is 42.3. The number of rotatable bonds is 5. The van der Waals surface area contributed by atoms with Gasteiger partial charge in [-0.15, -0.1) is 18.3 Å². The third-order valence-electron chi connectivity index (χ3n) is 10.4. The molecule has 2 saturated heterocycles. The van der Waals surface area contributed by atoms with Gasteiger partial charge in [-0.2, -0.15) is 18.4 Å². The largest absolute Gasteiger partial charge is 0.504 e. The minimum Gasteiger partial charge on any atom is -0.504 e. The van der Waals surface area contributed by atoms with E-state index in [1.165, 1.54) is 14.0 Å². The summed E-state index contributed by atoms with van der Waals surface area (Å²) in [6.45, 7) is 8.31. The monoisotopic (exact) mass is 744 g/mol. The lowest BCUT2D eigenvalue weighted by atomic mass is 9.71. The normalized spacial score (nSPS) is 27.7. The number of benzene rings is 2. The van der Waals surface area contributed by atoms with Crippen molar-refractivity contribution in [2.75, 3.05) is 32.8 Å². The van der Waals surface area contributed by atoms with Crippen molar-refractivity contribution in [3.8, 4) is 34.8 Å². The first-order valence-corrected chi connectivity index (χ1v) is 17.5. The van der Waals surface area contributed by atoms with E-state index in [2.05, 4.69) is 17.5 Å². The second kappa shape index (κ2) is 13.1. The maximum Gasteiger partial charge on any atom is 0.471 e. The average Bonchev–Trinajstić information content (AvgIpc) is 3.57. The number of nitriles is 1. The van der Waals surface area contributed by atoms with Crippen molar-refractivity contribution < 1.29 is 56.3 Å². The molecule has 276 valence electrons. The van der Waals surface area contributed by atoms with Gasteiger partial charge in [-0.1, -0.05) is 12.1 Å². The van der Waals surface area contributed by atoms with Crippen molar-refractivity contribution in [2.24, 2.45) is 0 Å². The molecule has 17 heteroatoms. The number of esters is 2. The molecule has 0 saturated carbocycles. The number of alkyl halides is 3. The van der Waals surface area contributed by atoms with Crippen molar-refractivity contribution in [2.45, 2.75) is 74.9 Å². The molecule has 2 N–H and O–H groups in total. The van der Waals surface area contributed by atoms with E-state index in [0.717, 1.165) is 17.3 Å². The van der Waals surface area contributed by atoms with Crippen molar-refractivity contribution in [3.05, 3.63) is 52.1 Å². The summed E-state index contributed by atoms with van der Waals surface area (Å²) in [5.74, 6) is -3.60. The van der Waals surface area contributed by atoms with Crippen LogP contribution in [0.3, 0.4) is 0 Å². The van der Waals surface area contributed by atoms with Crippen LogP contribution in [0, 0.1) is 25.2 Å². The zero-order valence-electron chi connectivity index (χ0n) is 28.5. The number of thioether (sulfide) groups is 1. The molecule has 52 heavy (non-hydrogen) atoms. The van der Waals surface area contributed by atoms with Gasteiger partial charge in [-0.3, -0.25) is 19.4 Å². The van der Waals surface area contributed by atoms with Crippen LogP contribution >= 0.6 is 11.8 Å². The number of hydrogen-bond acceptors (Lipinski definition) is 13. The van der Waals surface area contributed by atoms with E-state index in [4.69, 9.17) is 23.7 Å². The number of carbonyl (C=O) groups excluding carboxylic acids is 3. The molecule has 0 aliphatic carbocycles. The Hall–Kier alpha value is -4.66. The number of phenolic OH excluding ortho intramolecular Hbond substituents is 1. The number of nitrogens with zero attached hydrogens (tertiary/aromatic N) is 3. The van der Waals surface area contributed by atoms with E-state index in [0.29, 0.717) is 45.7 Å². The predicted octanol–water partition coefficient (Wildman–Crippen LogP) is 3.83. The molecule has 2 aromatic carbocycles. The summed E-state index contributed by atoms with van der Waals surface area (Å²) in [6.07, 6.45) is -3.23. The number of ether oxygens (including phenoxy) is 5. The topological polar surface area (TPSA) is 160 Å². The molecule has 13 nitrogen and oxygen atoms in total. The third kappa shape index (κ3) is 5.41. The number of piperazine rings is 1. The number of halogens is 3. The summed E-state index contributed by atoms with van der Waals surface area (Å²) in [5, 5.41) is 23.8. The summed E-state index contributed by atoms with van der Waals surface area (Å²) in [6, 6.07) is -1.11. The number of aromatic hydroxyl groups is 1.